The van der Waals surface area contributed by atoms with Crippen molar-refractivity contribution in [2.75, 3.05) is 13.2 Å². The Morgan fingerprint density at radius 2 is 0.487 bits per heavy atom. The van der Waals surface area contributed by atoms with Gasteiger partial charge in [-0.1, -0.05) is 339 Å². The van der Waals surface area contributed by atoms with E-state index in [0.29, 0.717) is 19.3 Å². The number of ether oxygens (including phenoxy) is 3. The lowest BCUT2D eigenvalue weighted by atomic mass is 10.0. The zero-order valence-corrected chi connectivity index (χ0v) is 53.9. The Morgan fingerprint density at radius 1 is 0.263 bits per heavy atom. The van der Waals surface area contributed by atoms with Crippen LogP contribution in [0.5, 0.6) is 0 Å². The number of allylic oxidation sites excluding steroid dienone is 8. The summed E-state index contributed by atoms with van der Waals surface area (Å²) in [7, 11) is 0. The third kappa shape index (κ3) is 66.2. The van der Waals surface area contributed by atoms with Crippen molar-refractivity contribution in [3.8, 4) is 0 Å². The fraction of sp³-hybridized carbons (Fsp3) is 0.851. The lowest BCUT2D eigenvalue weighted by molar-refractivity contribution is -0.167. The van der Waals surface area contributed by atoms with Crippen LogP contribution in [0.25, 0.3) is 0 Å². The van der Waals surface area contributed by atoms with Gasteiger partial charge in [0.15, 0.2) is 6.10 Å². The van der Waals surface area contributed by atoms with Gasteiger partial charge in [0.05, 0.1) is 0 Å². The van der Waals surface area contributed by atoms with Gasteiger partial charge in [0.25, 0.3) is 0 Å². The monoisotopic (exact) mass is 1120 g/mol. The number of carbonyl (C=O) groups excluding carboxylic acids is 3. The molecule has 1 unspecified atom stereocenters. The predicted octanol–water partition coefficient (Wildman–Crippen LogP) is 24.5. The van der Waals surface area contributed by atoms with E-state index >= 15 is 0 Å². The average Bonchev–Trinajstić information content (AvgIpc) is 3.46. The van der Waals surface area contributed by atoms with Gasteiger partial charge in [0, 0.05) is 19.3 Å². The van der Waals surface area contributed by atoms with E-state index in [1.807, 2.05) is 0 Å². The first-order valence-electron chi connectivity index (χ1n) is 35.6. The summed E-state index contributed by atoms with van der Waals surface area (Å²) in [5.74, 6) is -0.873. The van der Waals surface area contributed by atoms with Crippen molar-refractivity contribution >= 4 is 17.9 Å². The van der Waals surface area contributed by atoms with Gasteiger partial charge in [0.2, 0.25) is 0 Å². The summed E-state index contributed by atoms with van der Waals surface area (Å²) in [6.07, 6.45) is 87.3. The van der Waals surface area contributed by atoms with Crippen molar-refractivity contribution in [3.63, 3.8) is 0 Å². The molecular weight excluding hydrogens is 985 g/mol. The maximum absolute atomic E-state index is 12.9. The Hall–Kier alpha value is -2.63. The Balaban J connectivity index is 4.12. The topological polar surface area (TPSA) is 78.9 Å². The molecule has 6 nitrogen and oxygen atoms in total. The molecule has 1 atom stereocenters. The Bertz CT molecular complexity index is 1380. The molecule has 0 rings (SSSR count). The highest BCUT2D eigenvalue weighted by Gasteiger charge is 2.19. The third-order valence-corrected chi connectivity index (χ3v) is 16.1. The van der Waals surface area contributed by atoms with Crippen LogP contribution in [-0.4, -0.2) is 37.2 Å². The molecule has 0 spiro atoms. The van der Waals surface area contributed by atoms with Crippen molar-refractivity contribution in [2.24, 2.45) is 0 Å². The minimum Gasteiger partial charge on any atom is -0.462 e. The molecule has 0 aliphatic heterocycles. The summed E-state index contributed by atoms with van der Waals surface area (Å²) >= 11 is 0. The Kier molecular flexibility index (Phi) is 66.6. The second kappa shape index (κ2) is 68.9. The normalized spacial score (nSPS) is 12.3. The summed E-state index contributed by atoms with van der Waals surface area (Å²) in [5.41, 5.74) is 0. The molecule has 468 valence electrons. The van der Waals surface area contributed by atoms with Crippen molar-refractivity contribution in [1.82, 2.24) is 0 Å². The van der Waals surface area contributed by atoms with Gasteiger partial charge in [-0.05, 0) is 77.0 Å². The summed E-state index contributed by atoms with van der Waals surface area (Å²) in [4.78, 5) is 38.4. The van der Waals surface area contributed by atoms with Crippen molar-refractivity contribution < 1.29 is 28.6 Å². The number of hydrogen-bond donors (Lipinski definition) is 0. The van der Waals surface area contributed by atoms with E-state index in [1.54, 1.807) is 0 Å². The van der Waals surface area contributed by atoms with Crippen molar-refractivity contribution in [1.29, 1.82) is 0 Å². The van der Waals surface area contributed by atoms with E-state index in [0.717, 1.165) is 89.9 Å². The number of unbranched alkanes of at least 4 members (excludes halogenated alkanes) is 47. The van der Waals surface area contributed by atoms with Crippen LogP contribution in [-0.2, 0) is 28.6 Å². The van der Waals surface area contributed by atoms with Gasteiger partial charge < -0.3 is 14.2 Å². The summed E-state index contributed by atoms with van der Waals surface area (Å²) < 4.78 is 16.9. The average molecular weight is 1120 g/mol. The minimum atomic E-state index is -0.781. The molecule has 0 aromatic carbocycles. The van der Waals surface area contributed by atoms with E-state index in [1.165, 1.54) is 257 Å². The molecule has 0 fully saturated rings. The van der Waals surface area contributed by atoms with Gasteiger partial charge in [-0.25, -0.2) is 0 Å². The highest BCUT2D eigenvalue weighted by Crippen LogP contribution is 2.19. The van der Waals surface area contributed by atoms with E-state index in [9.17, 15) is 14.4 Å². The van der Waals surface area contributed by atoms with Crippen molar-refractivity contribution in [3.05, 3.63) is 48.6 Å². The number of carbonyl (C=O) groups is 3. The summed E-state index contributed by atoms with van der Waals surface area (Å²) in [6, 6.07) is 0. The van der Waals surface area contributed by atoms with Gasteiger partial charge in [-0.15, -0.1) is 0 Å². The van der Waals surface area contributed by atoms with Gasteiger partial charge in [-0.3, -0.25) is 14.4 Å². The molecule has 6 heteroatoms. The number of hydrogen-bond acceptors (Lipinski definition) is 6. The molecule has 0 aromatic heterocycles. The van der Waals surface area contributed by atoms with Crippen LogP contribution < -0.4 is 0 Å². The maximum Gasteiger partial charge on any atom is 0.306 e. The predicted molar refractivity (Wildman–Crippen MR) is 349 cm³/mol. The maximum atomic E-state index is 12.9. The van der Waals surface area contributed by atoms with Crippen LogP contribution in [0.15, 0.2) is 48.6 Å². The Labute approximate surface area is 498 Å². The van der Waals surface area contributed by atoms with Gasteiger partial charge >= 0.3 is 17.9 Å². The van der Waals surface area contributed by atoms with Gasteiger partial charge in [0.1, 0.15) is 13.2 Å². The van der Waals surface area contributed by atoms with Crippen molar-refractivity contribution in [2.45, 2.75) is 393 Å². The van der Waals surface area contributed by atoms with E-state index in [2.05, 4.69) is 69.4 Å². The lowest BCUT2D eigenvalue weighted by Crippen LogP contribution is -2.30. The highest BCUT2D eigenvalue weighted by molar-refractivity contribution is 5.71. The second-order valence-electron chi connectivity index (χ2n) is 24.1. The SMILES string of the molecule is CC/C=C\C/C=C\C/C=C\CCCCCCCCCC(=O)OC(COC(=O)CCCCCCC/C=C\CCCCCC)COC(=O)CCCCCCCCCCCCCCCCCCCCCCCCCCCCCCCCCC. The Morgan fingerprint density at radius 3 is 0.787 bits per heavy atom. The molecule has 0 aliphatic rings. The smallest absolute Gasteiger partial charge is 0.306 e. The fourth-order valence-electron chi connectivity index (χ4n) is 10.8. The molecule has 0 aliphatic carbocycles. The lowest BCUT2D eigenvalue weighted by Gasteiger charge is -2.18. The van der Waals surface area contributed by atoms with Crippen LogP contribution in [0.2, 0.25) is 0 Å². The largest absolute Gasteiger partial charge is 0.462 e. The molecule has 0 saturated heterocycles. The standard InChI is InChI=1S/C74H136O6/c1-4-7-10-13-16-19-22-25-27-29-30-31-32-33-34-35-36-37-38-39-40-41-42-43-45-46-49-52-55-58-61-64-67-73(76)79-70-71(69-78-72(75)66-63-60-57-54-51-48-24-21-18-15-12-9-6-3)80-74(77)68-65-62-59-56-53-50-47-44-28-26-23-20-17-14-11-8-5-2/h8,11,17,20-21,24,26,28,71H,4-7,9-10,12-16,18-19,22-23,25,27,29-70H2,1-3H3/b11-8-,20-17-,24-21-,28-26-. The van der Waals surface area contributed by atoms with E-state index in [4.69, 9.17) is 14.2 Å². The first-order chi connectivity index (χ1) is 39.5. The first kappa shape index (κ1) is 77.4. The molecule has 0 amide bonds. The molecule has 0 saturated carbocycles. The molecule has 80 heavy (non-hydrogen) atoms. The number of esters is 3. The van der Waals surface area contributed by atoms with Crippen LogP contribution >= 0.6 is 0 Å². The van der Waals surface area contributed by atoms with Gasteiger partial charge in [-0.2, -0.15) is 0 Å². The second-order valence-corrected chi connectivity index (χ2v) is 24.1. The van der Waals surface area contributed by atoms with Crippen LogP contribution in [0.4, 0.5) is 0 Å². The fourth-order valence-corrected chi connectivity index (χ4v) is 10.8. The molecule has 0 heterocycles. The summed E-state index contributed by atoms with van der Waals surface area (Å²) in [6.45, 7) is 6.56. The van der Waals surface area contributed by atoms with E-state index < -0.39 is 6.10 Å². The highest BCUT2D eigenvalue weighted by atomic mass is 16.6. The molecular formula is C74H136O6. The molecule has 0 N–H and O–H groups in total. The minimum absolute atomic E-state index is 0.0762. The third-order valence-electron chi connectivity index (χ3n) is 16.1. The zero-order chi connectivity index (χ0) is 57.8. The van der Waals surface area contributed by atoms with Crippen LogP contribution in [0, 0.1) is 0 Å². The van der Waals surface area contributed by atoms with Crippen LogP contribution in [0.1, 0.15) is 387 Å². The molecule has 0 bridgehead atoms. The van der Waals surface area contributed by atoms with E-state index in [-0.39, 0.29) is 31.1 Å². The molecule has 0 radical (unpaired) electrons. The zero-order valence-electron chi connectivity index (χ0n) is 53.9. The molecule has 0 aromatic rings. The van der Waals surface area contributed by atoms with Crippen LogP contribution in [0.3, 0.4) is 0 Å². The summed E-state index contributed by atoms with van der Waals surface area (Å²) in [5, 5.41) is 0. The quantitative estimate of drug-likeness (QED) is 0.0261. The number of rotatable bonds is 66. The first-order valence-corrected chi connectivity index (χ1v) is 35.6.